The third-order valence-corrected chi connectivity index (χ3v) is 3.29. The van der Waals surface area contributed by atoms with E-state index < -0.39 is 0 Å². The summed E-state index contributed by atoms with van der Waals surface area (Å²) in [6, 6.07) is 18.9. The van der Waals surface area contributed by atoms with E-state index in [4.69, 9.17) is 5.73 Å². The van der Waals surface area contributed by atoms with Crippen LogP contribution < -0.4 is 5.73 Å². The minimum atomic E-state index is 0.0531. The minimum absolute atomic E-state index is 0.0531. The second kappa shape index (κ2) is 5.15. The number of hydrogen-bond acceptors (Lipinski definition) is 1. The van der Waals surface area contributed by atoms with Gasteiger partial charge < -0.3 is 5.73 Å². The molecule has 0 bridgehead atoms. The Morgan fingerprint density at radius 2 is 1.53 bits per heavy atom. The molecule has 0 aliphatic rings. The van der Waals surface area contributed by atoms with Crippen LogP contribution in [0.2, 0.25) is 0 Å². The van der Waals surface area contributed by atoms with E-state index in [0.29, 0.717) is 5.92 Å². The first-order valence-corrected chi connectivity index (χ1v) is 6.05. The third kappa shape index (κ3) is 2.75. The van der Waals surface area contributed by atoms with Gasteiger partial charge in [0.15, 0.2) is 0 Å². The molecule has 0 aliphatic carbocycles. The molecule has 0 saturated heterocycles. The lowest BCUT2D eigenvalue weighted by Gasteiger charge is -2.21. The van der Waals surface area contributed by atoms with Crippen molar-refractivity contribution in [3.8, 4) is 0 Å². The first-order chi connectivity index (χ1) is 8.18. The van der Waals surface area contributed by atoms with E-state index in [1.807, 2.05) is 6.07 Å². The highest BCUT2D eigenvalue weighted by Gasteiger charge is 2.16. The largest absolute Gasteiger partial charge is 0.323 e. The predicted molar refractivity (Wildman–Crippen MR) is 73.0 cm³/mol. The zero-order valence-corrected chi connectivity index (χ0v) is 10.4. The number of aryl methyl sites for hydroxylation is 1. The Kier molecular flexibility index (Phi) is 3.60. The molecule has 88 valence electrons. The maximum atomic E-state index is 6.34. The van der Waals surface area contributed by atoms with E-state index in [-0.39, 0.29) is 6.04 Å². The Morgan fingerprint density at radius 1 is 0.882 bits per heavy atom. The van der Waals surface area contributed by atoms with Gasteiger partial charge in [-0.1, -0.05) is 67.1 Å². The van der Waals surface area contributed by atoms with Crippen molar-refractivity contribution < 1.29 is 0 Å². The van der Waals surface area contributed by atoms with Crippen LogP contribution in [0.1, 0.15) is 35.6 Å². The molecule has 2 N–H and O–H groups in total. The van der Waals surface area contributed by atoms with Crippen LogP contribution in [0, 0.1) is 6.92 Å². The highest BCUT2D eigenvalue weighted by atomic mass is 14.6. The smallest absolute Gasteiger partial charge is 0.0361 e. The van der Waals surface area contributed by atoms with Crippen LogP contribution in [-0.2, 0) is 0 Å². The number of benzene rings is 2. The van der Waals surface area contributed by atoms with Crippen LogP contribution in [0.25, 0.3) is 0 Å². The van der Waals surface area contributed by atoms with Gasteiger partial charge in [0.05, 0.1) is 0 Å². The fourth-order valence-electron chi connectivity index (χ4n) is 2.13. The maximum Gasteiger partial charge on any atom is 0.0361 e. The third-order valence-electron chi connectivity index (χ3n) is 3.29. The van der Waals surface area contributed by atoms with E-state index in [9.17, 15) is 0 Å². The van der Waals surface area contributed by atoms with E-state index in [1.54, 1.807) is 0 Å². The standard InChI is InChI=1S/C16H19N/c1-12-7-6-10-15(11-12)16(17)13(2)14-8-4-3-5-9-14/h3-11,13,16H,17H2,1-2H3. The molecule has 2 aromatic carbocycles. The average Bonchev–Trinajstić information content (AvgIpc) is 2.38. The van der Waals surface area contributed by atoms with Crippen LogP contribution in [0.3, 0.4) is 0 Å². The van der Waals surface area contributed by atoms with Crippen molar-refractivity contribution in [3.63, 3.8) is 0 Å². The van der Waals surface area contributed by atoms with Gasteiger partial charge in [-0.15, -0.1) is 0 Å². The molecule has 1 heteroatoms. The van der Waals surface area contributed by atoms with Crippen molar-refractivity contribution in [3.05, 3.63) is 71.3 Å². The van der Waals surface area contributed by atoms with Crippen molar-refractivity contribution >= 4 is 0 Å². The summed E-state index contributed by atoms with van der Waals surface area (Å²) in [7, 11) is 0. The van der Waals surface area contributed by atoms with Crippen molar-refractivity contribution in [2.45, 2.75) is 25.8 Å². The monoisotopic (exact) mass is 225 g/mol. The van der Waals surface area contributed by atoms with E-state index >= 15 is 0 Å². The van der Waals surface area contributed by atoms with E-state index in [1.165, 1.54) is 16.7 Å². The quantitative estimate of drug-likeness (QED) is 0.844. The zero-order chi connectivity index (χ0) is 12.3. The molecule has 0 aliphatic heterocycles. The lowest BCUT2D eigenvalue weighted by molar-refractivity contribution is 0.598. The second-order valence-electron chi connectivity index (χ2n) is 4.64. The fraction of sp³-hybridized carbons (Fsp3) is 0.250. The highest BCUT2D eigenvalue weighted by Crippen LogP contribution is 2.28. The van der Waals surface area contributed by atoms with Gasteiger partial charge in [-0.3, -0.25) is 0 Å². The number of hydrogen-bond donors (Lipinski definition) is 1. The molecule has 0 amide bonds. The molecule has 0 spiro atoms. The molecule has 2 atom stereocenters. The molecule has 2 aromatic rings. The van der Waals surface area contributed by atoms with Crippen LogP contribution in [0.15, 0.2) is 54.6 Å². The van der Waals surface area contributed by atoms with Crippen molar-refractivity contribution in [2.75, 3.05) is 0 Å². The number of rotatable bonds is 3. The van der Waals surface area contributed by atoms with Gasteiger partial charge in [0, 0.05) is 12.0 Å². The average molecular weight is 225 g/mol. The van der Waals surface area contributed by atoms with E-state index in [2.05, 4.69) is 62.4 Å². The van der Waals surface area contributed by atoms with Crippen LogP contribution in [0.4, 0.5) is 0 Å². The molecular weight excluding hydrogens is 206 g/mol. The first-order valence-electron chi connectivity index (χ1n) is 6.05. The lowest BCUT2D eigenvalue weighted by atomic mass is 9.89. The van der Waals surface area contributed by atoms with Gasteiger partial charge in [-0.25, -0.2) is 0 Å². The Hall–Kier alpha value is -1.60. The Bertz CT molecular complexity index is 476. The maximum absolute atomic E-state index is 6.34. The summed E-state index contributed by atoms with van der Waals surface area (Å²) in [4.78, 5) is 0. The van der Waals surface area contributed by atoms with Gasteiger partial charge in [0.25, 0.3) is 0 Å². The molecular formula is C16H19N. The summed E-state index contributed by atoms with van der Waals surface area (Å²) < 4.78 is 0. The number of nitrogens with two attached hydrogens (primary N) is 1. The van der Waals surface area contributed by atoms with Gasteiger partial charge in [-0.2, -0.15) is 0 Å². The molecule has 0 fully saturated rings. The summed E-state index contributed by atoms with van der Waals surface area (Å²) in [6.45, 7) is 4.28. The normalized spacial score (nSPS) is 14.3. The van der Waals surface area contributed by atoms with Gasteiger partial charge >= 0.3 is 0 Å². The highest BCUT2D eigenvalue weighted by molar-refractivity contribution is 5.29. The minimum Gasteiger partial charge on any atom is -0.323 e. The first kappa shape index (κ1) is 11.9. The van der Waals surface area contributed by atoms with E-state index in [0.717, 1.165) is 0 Å². The van der Waals surface area contributed by atoms with Crippen LogP contribution in [-0.4, -0.2) is 0 Å². The topological polar surface area (TPSA) is 26.0 Å². The van der Waals surface area contributed by atoms with Crippen molar-refractivity contribution in [2.24, 2.45) is 5.73 Å². The van der Waals surface area contributed by atoms with Gasteiger partial charge in [-0.05, 0) is 18.1 Å². The van der Waals surface area contributed by atoms with Crippen LogP contribution in [0.5, 0.6) is 0 Å². The van der Waals surface area contributed by atoms with Gasteiger partial charge in [0.2, 0.25) is 0 Å². The lowest BCUT2D eigenvalue weighted by Crippen LogP contribution is -2.17. The molecule has 0 heterocycles. The molecule has 2 unspecified atom stereocenters. The fourth-order valence-corrected chi connectivity index (χ4v) is 2.13. The molecule has 2 rings (SSSR count). The Labute approximate surface area is 103 Å². The Morgan fingerprint density at radius 3 is 2.18 bits per heavy atom. The summed E-state index contributed by atoms with van der Waals surface area (Å²) in [5.74, 6) is 0.331. The van der Waals surface area contributed by atoms with Crippen LogP contribution >= 0.6 is 0 Å². The summed E-state index contributed by atoms with van der Waals surface area (Å²) in [6.07, 6.45) is 0. The summed E-state index contributed by atoms with van der Waals surface area (Å²) >= 11 is 0. The predicted octanol–water partition coefficient (Wildman–Crippen LogP) is 3.80. The second-order valence-corrected chi connectivity index (χ2v) is 4.64. The van der Waals surface area contributed by atoms with Gasteiger partial charge in [0.1, 0.15) is 0 Å². The molecule has 17 heavy (non-hydrogen) atoms. The van der Waals surface area contributed by atoms with Crippen molar-refractivity contribution in [1.29, 1.82) is 0 Å². The Balaban J connectivity index is 2.23. The molecule has 0 saturated carbocycles. The van der Waals surface area contributed by atoms with Crippen molar-refractivity contribution in [1.82, 2.24) is 0 Å². The molecule has 0 radical (unpaired) electrons. The zero-order valence-electron chi connectivity index (χ0n) is 10.4. The molecule has 0 aromatic heterocycles. The molecule has 1 nitrogen and oxygen atoms in total. The SMILES string of the molecule is Cc1cccc(C(N)C(C)c2ccccc2)c1. The summed E-state index contributed by atoms with van der Waals surface area (Å²) in [5.41, 5.74) is 10.1. The summed E-state index contributed by atoms with van der Waals surface area (Å²) in [5, 5.41) is 0.